The molecular formula is C10H8N2S. The first-order chi connectivity index (χ1) is 6.24. The average molecular weight is 188 g/mol. The van der Waals surface area contributed by atoms with E-state index < -0.39 is 0 Å². The molecule has 2 nitrogen and oxygen atoms in total. The van der Waals surface area contributed by atoms with Gasteiger partial charge in [0.05, 0.1) is 6.57 Å². The van der Waals surface area contributed by atoms with E-state index in [9.17, 15) is 0 Å². The molecule has 0 saturated carbocycles. The van der Waals surface area contributed by atoms with Crippen LogP contribution in [0.1, 0.15) is 5.56 Å². The Bertz CT molecular complexity index is 374. The highest BCUT2D eigenvalue weighted by Gasteiger charge is 1.98. The molecule has 0 bridgehead atoms. The smallest absolute Gasteiger partial charge is 0.220 e. The van der Waals surface area contributed by atoms with Gasteiger partial charge in [0.1, 0.15) is 4.99 Å². The number of hydrogen-bond donors (Lipinski definition) is 1. The van der Waals surface area contributed by atoms with Crippen LogP contribution in [0.15, 0.2) is 36.0 Å². The molecule has 0 unspecified atom stereocenters. The SMILES string of the molecule is [C-]#[N+]/C(=C\c1ccccc1)C(N)=S. The van der Waals surface area contributed by atoms with Crippen LogP contribution in [0.25, 0.3) is 10.9 Å². The molecule has 1 aromatic carbocycles. The molecule has 0 amide bonds. The molecule has 64 valence electrons. The second kappa shape index (κ2) is 4.39. The zero-order valence-electron chi connectivity index (χ0n) is 6.90. The molecule has 0 radical (unpaired) electrons. The van der Waals surface area contributed by atoms with Crippen LogP contribution >= 0.6 is 12.2 Å². The number of thiocarbonyl (C=S) groups is 1. The van der Waals surface area contributed by atoms with Crippen molar-refractivity contribution in [3.63, 3.8) is 0 Å². The lowest BCUT2D eigenvalue weighted by Gasteiger charge is -1.94. The molecule has 0 aliphatic carbocycles. The third-order valence-electron chi connectivity index (χ3n) is 1.48. The summed E-state index contributed by atoms with van der Waals surface area (Å²) < 4.78 is 0. The number of nitrogens with two attached hydrogens (primary N) is 1. The standard InChI is InChI=1S/C10H8N2S/c1-12-9(10(11)13)7-8-5-3-2-4-6-8/h2-7H,(H2,11,13)/b9-7-. The van der Waals surface area contributed by atoms with E-state index in [0.29, 0.717) is 5.70 Å². The predicted molar refractivity (Wildman–Crippen MR) is 57.8 cm³/mol. The van der Waals surface area contributed by atoms with Crippen LogP contribution in [0.2, 0.25) is 0 Å². The van der Waals surface area contributed by atoms with Crippen LogP contribution in [-0.2, 0) is 0 Å². The summed E-state index contributed by atoms with van der Waals surface area (Å²) >= 11 is 4.71. The Hall–Kier alpha value is -1.66. The predicted octanol–water partition coefficient (Wildman–Crippen LogP) is 2.23. The highest BCUT2D eigenvalue weighted by molar-refractivity contribution is 7.80. The number of nitrogens with zero attached hydrogens (tertiary/aromatic N) is 1. The molecule has 0 fully saturated rings. The molecule has 13 heavy (non-hydrogen) atoms. The van der Waals surface area contributed by atoms with Crippen molar-refractivity contribution in [1.82, 2.24) is 0 Å². The summed E-state index contributed by atoms with van der Waals surface area (Å²) in [7, 11) is 0. The van der Waals surface area contributed by atoms with Gasteiger partial charge in [0.15, 0.2) is 0 Å². The van der Waals surface area contributed by atoms with Gasteiger partial charge in [0, 0.05) is 0 Å². The Morgan fingerprint density at radius 2 is 2.00 bits per heavy atom. The van der Waals surface area contributed by atoms with Gasteiger partial charge in [-0.1, -0.05) is 42.5 Å². The minimum Gasteiger partial charge on any atom is -0.399 e. The van der Waals surface area contributed by atoms with Gasteiger partial charge in [0.2, 0.25) is 5.70 Å². The number of benzene rings is 1. The van der Waals surface area contributed by atoms with Crippen molar-refractivity contribution in [3.8, 4) is 0 Å². The van der Waals surface area contributed by atoms with Crippen molar-refractivity contribution in [2.24, 2.45) is 5.73 Å². The fourth-order valence-corrected chi connectivity index (χ4v) is 0.970. The van der Waals surface area contributed by atoms with Crippen molar-refractivity contribution in [2.45, 2.75) is 0 Å². The van der Waals surface area contributed by atoms with Crippen molar-refractivity contribution >= 4 is 23.3 Å². The number of rotatable bonds is 2. The maximum atomic E-state index is 6.83. The molecule has 3 heteroatoms. The maximum absolute atomic E-state index is 6.83. The Labute approximate surface area is 82.5 Å². The maximum Gasteiger partial charge on any atom is 0.220 e. The summed E-state index contributed by atoms with van der Waals surface area (Å²) in [4.78, 5) is 3.37. The fourth-order valence-electron chi connectivity index (χ4n) is 0.866. The Morgan fingerprint density at radius 1 is 1.38 bits per heavy atom. The summed E-state index contributed by atoms with van der Waals surface area (Å²) in [6.07, 6.45) is 1.68. The van der Waals surface area contributed by atoms with E-state index in [-0.39, 0.29) is 4.99 Å². The van der Waals surface area contributed by atoms with Crippen LogP contribution in [-0.4, -0.2) is 4.99 Å². The van der Waals surface area contributed by atoms with Gasteiger partial charge in [-0.05, 0) is 11.6 Å². The highest BCUT2D eigenvalue weighted by Crippen LogP contribution is 2.07. The quantitative estimate of drug-likeness (QED) is 0.438. The largest absolute Gasteiger partial charge is 0.399 e. The van der Waals surface area contributed by atoms with Crippen LogP contribution in [0.5, 0.6) is 0 Å². The third-order valence-corrected chi connectivity index (χ3v) is 1.68. The molecule has 2 N–H and O–H groups in total. The van der Waals surface area contributed by atoms with Gasteiger partial charge in [0.25, 0.3) is 0 Å². The summed E-state index contributed by atoms with van der Waals surface area (Å²) in [5.41, 5.74) is 6.60. The second-order valence-electron chi connectivity index (χ2n) is 2.42. The van der Waals surface area contributed by atoms with E-state index in [1.54, 1.807) is 6.08 Å². The van der Waals surface area contributed by atoms with Crippen LogP contribution < -0.4 is 5.73 Å². The molecule has 1 rings (SSSR count). The highest BCUT2D eigenvalue weighted by atomic mass is 32.1. The van der Waals surface area contributed by atoms with E-state index in [1.165, 1.54) is 0 Å². The average Bonchev–Trinajstić information content (AvgIpc) is 2.15. The summed E-state index contributed by atoms with van der Waals surface area (Å²) in [6, 6.07) is 9.49. The molecule has 1 aromatic rings. The summed E-state index contributed by atoms with van der Waals surface area (Å²) in [5.74, 6) is 0. The van der Waals surface area contributed by atoms with E-state index >= 15 is 0 Å². The molecule has 0 aliphatic rings. The molecule has 0 saturated heterocycles. The zero-order valence-corrected chi connectivity index (χ0v) is 7.71. The van der Waals surface area contributed by atoms with Crippen LogP contribution in [0.4, 0.5) is 0 Å². The van der Waals surface area contributed by atoms with Gasteiger partial charge in [-0.3, -0.25) is 0 Å². The lowest BCUT2D eigenvalue weighted by atomic mass is 10.2. The van der Waals surface area contributed by atoms with Crippen molar-refractivity contribution in [3.05, 3.63) is 53.0 Å². The monoisotopic (exact) mass is 188 g/mol. The van der Waals surface area contributed by atoms with Gasteiger partial charge in [-0.15, -0.1) is 0 Å². The molecule has 0 atom stereocenters. The first-order valence-electron chi connectivity index (χ1n) is 3.68. The van der Waals surface area contributed by atoms with Gasteiger partial charge in [-0.25, -0.2) is 4.85 Å². The zero-order chi connectivity index (χ0) is 9.68. The van der Waals surface area contributed by atoms with Crippen molar-refractivity contribution in [2.75, 3.05) is 0 Å². The van der Waals surface area contributed by atoms with E-state index in [0.717, 1.165) is 5.56 Å². The summed E-state index contributed by atoms with van der Waals surface area (Å²) in [5, 5.41) is 0. The Balaban J connectivity index is 3.01. The summed E-state index contributed by atoms with van der Waals surface area (Å²) in [6.45, 7) is 6.83. The van der Waals surface area contributed by atoms with Gasteiger partial charge in [-0.2, -0.15) is 0 Å². The first-order valence-corrected chi connectivity index (χ1v) is 4.09. The molecular weight excluding hydrogens is 180 g/mol. The topological polar surface area (TPSA) is 30.4 Å². The Kier molecular flexibility index (Phi) is 3.18. The minimum atomic E-state index is 0.138. The molecule has 0 spiro atoms. The van der Waals surface area contributed by atoms with Crippen LogP contribution in [0, 0.1) is 6.57 Å². The van der Waals surface area contributed by atoms with Crippen molar-refractivity contribution in [1.29, 1.82) is 0 Å². The molecule has 0 aliphatic heterocycles. The lowest BCUT2D eigenvalue weighted by molar-refractivity contribution is 1.64. The minimum absolute atomic E-state index is 0.138. The van der Waals surface area contributed by atoms with Gasteiger partial charge < -0.3 is 5.73 Å². The Morgan fingerprint density at radius 3 is 2.46 bits per heavy atom. The normalized spacial score (nSPS) is 10.5. The van der Waals surface area contributed by atoms with E-state index in [4.69, 9.17) is 24.5 Å². The lowest BCUT2D eigenvalue weighted by Crippen LogP contribution is -2.08. The van der Waals surface area contributed by atoms with E-state index in [2.05, 4.69) is 4.85 Å². The molecule has 0 heterocycles. The second-order valence-corrected chi connectivity index (χ2v) is 2.86. The van der Waals surface area contributed by atoms with Gasteiger partial charge >= 0.3 is 0 Å². The third kappa shape index (κ3) is 2.69. The first kappa shape index (κ1) is 9.43. The van der Waals surface area contributed by atoms with Crippen molar-refractivity contribution < 1.29 is 0 Å². The van der Waals surface area contributed by atoms with E-state index in [1.807, 2.05) is 30.3 Å². The van der Waals surface area contributed by atoms with Crippen LogP contribution in [0.3, 0.4) is 0 Å². The number of hydrogen-bond acceptors (Lipinski definition) is 1. The fraction of sp³-hybridized carbons (Fsp3) is 0. The molecule has 0 aromatic heterocycles.